The lowest BCUT2D eigenvalue weighted by molar-refractivity contribution is -0.384. The summed E-state index contributed by atoms with van der Waals surface area (Å²) in [6.07, 6.45) is 0.966. The van der Waals surface area contributed by atoms with Crippen molar-refractivity contribution in [3.05, 3.63) is 82.9 Å². The Morgan fingerprint density at radius 1 is 1.03 bits per heavy atom. The van der Waals surface area contributed by atoms with Gasteiger partial charge < -0.3 is 14.8 Å². The van der Waals surface area contributed by atoms with Crippen LogP contribution in [0.2, 0.25) is 0 Å². The van der Waals surface area contributed by atoms with Gasteiger partial charge in [-0.2, -0.15) is 0 Å². The first-order chi connectivity index (χ1) is 15.7. The van der Waals surface area contributed by atoms with Crippen LogP contribution in [-0.4, -0.2) is 39.2 Å². The van der Waals surface area contributed by atoms with Crippen molar-refractivity contribution < 1.29 is 27.6 Å². The molecule has 3 aromatic rings. The number of nitro groups is 1. The molecule has 3 aromatic carbocycles. The van der Waals surface area contributed by atoms with Crippen LogP contribution in [0.25, 0.3) is 0 Å². The van der Waals surface area contributed by atoms with Gasteiger partial charge in [0.05, 0.1) is 29.7 Å². The Morgan fingerprint density at radius 3 is 2.33 bits per heavy atom. The minimum Gasteiger partial charge on any atom is -0.495 e. The molecule has 0 unspecified atom stereocenters. The highest BCUT2D eigenvalue weighted by Crippen LogP contribution is 2.34. The average Bonchev–Trinajstić information content (AvgIpc) is 2.78. The fourth-order valence-electron chi connectivity index (χ4n) is 2.97. The third-order valence-electron chi connectivity index (χ3n) is 4.46. The molecule has 0 aromatic heterocycles. The standard InChI is InChI=1S/C22H21N3O7S/c1-31-20-13-12-16(25(27)28)14-18(20)23-22(26)15-24(33(2,29)30)19-10-6-7-11-21(19)32-17-8-4-3-5-9-17/h3-14H,15H2,1-2H3,(H,23,26). The Bertz CT molecular complexity index is 1260. The second-order valence-electron chi connectivity index (χ2n) is 6.84. The third-order valence-corrected chi connectivity index (χ3v) is 5.59. The molecule has 11 heteroatoms. The first-order valence-electron chi connectivity index (χ1n) is 9.61. The van der Waals surface area contributed by atoms with Crippen LogP contribution in [0.3, 0.4) is 0 Å². The smallest absolute Gasteiger partial charge is 0.271 e. The highest BCUT2D eigenvalue weighted by Gasteiger charge is 2.25. The molecule has 1 amide bonds. The second kappa shape index (κ2) is 10.0. The lowest BCUT2D eigenvalue weighted by Gasteiger charge is -2.24. The van der Waals surface area contributed by atoms with Crippen LogP contribution < -0.4 is 19.1 Å². The predicted octanol–water partition coefficient (Wildman–Crippen LogP) is 3.80. The van der Waals surface area contributed by atoms with Crippen LogP contribution in [0.15, 0.2) is 72.8 Å². The number of non-ortho nitro benzene ring substituents is 1. The number of benzene rings is 3. The number of para-hydroxylation sites is 3. The summed E-state index contributed by atoms with van der Waals surface area (Å²) in [4.78, 5) is 23.2. The number of rotatable bonds is 9. The van der Waals surface area contributed by atoms with Crippen molar-refractivity contribution in [2.45, 2.75) is 0 Å². The van der Waals surface area contributed by atoms with Crippen LogP contribution in [0.5, 0.6) is 17.2 Å². The normalized spacial score (nSPS) is 10.8. The number of anilines is 2. The molecule has 0 heterocycles. The molecule has 0 aliphatic rings. The second-order valence-corrected chi connectivity index (χ2v) is 8.75. The van der Waals surface area contributed by atoms with E-state index in [0.717, 1.165) is 16.6 Å². The Morgan fingerprint density at radius 2 is 1.70 bits per heavy atom. The van der Waals surface area contributed by atoms with Crippen LogP contribution in [-0.2, 0) is 14.8 Å². The van der Waals surface area contributed by atoms with Gasteiger partial charge in [-0.05, 0) is 30.3 Å². The van der Waals surface area contributed by atoms with E-state index in [-0.39, 0.29) is 28.6 Å². The number of carbonyl (C=O) groups excluding carboxylic acids is 1. The summed E-state index contributed by atoms with van der Waals surface area (Å²) in [6, 6.07) is 18.9. The van der Waals surface area contributed by atoms with Gasteiger partial charge in [0, 0.05) is 12.1 Å². The van der Waals surface area contributed by atoms with Crippen LogP contribution in [0.4, 0.5) is 17.1 Å². The molecular weight excluding hydrogens is 450 g/mol. The molecule has 172 valence electrons. The van der Waals surface area contributed by atoms with Gasteiger partial charge in [0.15, 0.2) is 5.75 Å². The number of nitrogens with one attached hydrogen (secondary N) is 1. The molecule has 0 bridgehead atoms. The number of sulfonamides is 1. The maximum absolute atomic E-state index is 12.8. The zero-order valence-corrected chi connectivity index (χ0v) is 18.6. The van der Waals surface area contributed by atoms with Gasteiger partial charge in [0.1, 0.15) is 18.0 Å². The van der Waals surface area contributed by atoms with Gasteiger partial charge in [-0.15, -0.1) is 0 Å². The van der Waals surface area contributed by atoms with Crippen molar-refractivity contribution in [2.24, 2.45) is 0 Å². The zero-order chi connectivity index (χ0) is 24.0. The van der Waals surface area contributed by atoms with Gasteiger partial charge in [-0.3, -0.25) is 19.2 Å². The number of carbonyl (C=O) groups is 1. The van der Waals surface area contributed by atoms with Crippen molar-refractivity contribution in [3.8, 4) is 17.2 Å². The molecule has 1 N–H and O–H groups in total. The Hall–Kier alpha value is -4.12. The molecule has 0 fully saturated rings. The highest BCUT2D eigenvalue weighted by atomic mass is 32.2. The van der Waals surface area contributed by atoms with E-state index in [2.05, 4.69) is 5.32 Å². The molecule has 0 aliphatic heterocycles. The van der Waals surface area contributed by atoms with Crippen molar-refractivity contribution in [1.82, 2.24) is 0 Å². The number of ether oxygens (including phenoxy) is 2. The lowest BCUT2D eigenvalue weighted by Crippen LogP contribution is -2.37. The summed E-state index contributed by atoms with van der Waals surface area (Å²) in [5.74, 6) is 0.181. The van der Waals surface area contributed by atoms with E-state index in [0.29, 0.717) is 5.75 Å². The van der Waals surface area contributed by atoms with Gasteiger partial charge in [-0.1, -0.05) is 30.3 Å². The van der Waals surface area contributed by atoms with Gasteiger partial charge >= 0.3 is 0 Å². The Kier molecular flexibility index (Phi) is 7.13. The van der Waals surface area contributed by atoms with E-state index >= 15 is 0 Å². The number of amides is 1. The summed E-state index contributed by atoms with van der Waals surface area (Å²) in [5.41, 5.74) is -0.0587. The van der Waals surface area contributed by atoms with Crippen molar-refractivity contribution in [2.75, 3.05) is 29.5 Å². The van der Waals surface area contributed by atoms with E-state index in [1.165, 1.54) is 25.3 Å². The molecule has 0 atom stereocenters. The fourth-order valence-corrected chi connectivity index (χ4v) is 3.83. The maximum Gasteiger partial charge on any atom is 0.271 e. The summed E-state index contributed by atoms with van der Waals surface area (Å²) in [7, 11) is -2.56. The molecule has 0 aliphatic carbocycles. The highest BCUT2D eigenvalue weighted by molar-refractivity contribution is 7.92. The number of hydrogen-bond acceptors (Lipinski definition) is 7. The minimum atomic E-state index is -3.90. The summed E-state index contributed by atoms with van der Waals surface area (Å²) >= 11 is 0. The SMILES string of the molecule is COc1ccc([N+](=O)[O-])cc1NC(=O)CN(c1ccccc1Oc1ccccc1)S(C)(=O)=O. The maximum atomic E-state index is 12.8. The van der Waals surface area contributed by atoms with Gasteiger partial charge in [0.25, 0.3) is 5.69 Å². The first-order valence-corrected chi connectivity index (χ1v) is 11.5. The summed E-state index contributed by atoms with van der Waals surface area (Å²) in [5, 5.41) is 13.6. The molecule has 3 rings (SSSR count). The fraction of sp³-hybridized carbons (Fsp3) is 0.136. The van der Waals surface area contributed by atoms with Gasteiger partial charge in [0.2, 0.25) is 15.9 Å². The van der Waals surface area contributed by atoms with Crippen LogP contribution >= 0.6 is 0 Å². The van der Waals surface area contributed by atoms with E-state index in [4.69, 9.17) is 9.47 Å². The lowest BCUT2D eigenvalue weighted by atomic mass is 10.2. The topological polar surface area (TPSA) is 128 Å². The molecule has 0 saturated heterocycles. The molecule has 10 nitrogen and oxygen atoms in total. The van der Waals surface area contributed by atoms with Crippen molar-refractivity contribution in [1.29, 1.82) is 0 Å². The monoisotopic (exact) mass is 471 g/mol. The Balaban J connectivity index is 1.90. The van der Waals surface area contributed by atoms with E-state index in [1.807, 2.05) is 6.07 Å². The number of methoxy groups -OCH3 is 1. The molecule has 0 radical (unpaired) electrons. The Labute approximate surface area is 190 Å². The van der Waals surface area contributed by atoms with Gasteiger partial charge in [-0.25, -0.2) is 8.42 Å². The van der Waals surface area contributed by atoms with E-state index in [1.54, 1.807) is 42.5 Å². The molecular formula is C22H21N3O7S. The molecule has 33 heavy (non-hydrogen) atoms. The average molecular weight is 471 g/mol. The van der Waals surface area contributed by atoms with Crippen LogP contribution in [0.1, 0.15) is 0 Å². The zero-order valence-electron chi connectivity index (χ0n) is 17.8. The van der Waals surface area contributed by atoms with E-state index in [9.17, 15) is 23.3 Å². The molecule has 0 spiro atoms. The minimum absolute atomic E-state index is 0.0407. The number of nitro benzene ring substituents is 1. The number of nitrogens with zero attached hydrogens (tertiary/aromatic N) is 2. The largest absolute Gasteiger partial charge is 0.495 e. The molecule has 0 saturated carbocycles. The van der Waals surface area contributed by atoms with E-state index < -0.39 is 27.4 Å². The van der Waals surface area contributed by atoms with Crippen LogP contribution in [0, 0.1) is 10.1 Å². The van der Waals surface area contributed by atoms with Crippen molar-refractivity contribution in [3.63, 3.8) is 0 Å². The van der Waals surface area contributed by atoms with Crippen molar-refractivity contribution >= 4 is 33.0 Å². The quantitative estimate of drug-likeness (QED) is 0.371. The first kappa shape index (κ1) is 23.5. The third kappa shape index (κ3) is 5.98. The predicted molar refractivity (Wildman–Crippen MR) is 123 cm³/mol. The summed E-state index contributed by atoms with van der Waals surface area (Å²) < 4.78 is 37.0. The summed E-state index contributed by atoms with van der Waals surface area (Å²) in [6.45, 7) is -0.597. The number of hydrogen-bond donors (Lipinski definition) is 1.